The molecule has 2 N–H and O–H groups in total. The first kappa shape index (κ1) is 18.9. The number of nitrogens with zero attached hydrogens (tertiary/aromatic N) is 3. The minimum Gasteiger partial charge on any atom is -0.387 e. The van der Waals surface area contributed by atoms with Gasteiger partial charge in [0.2, 0.25) is 5.96 Å². The Balaban J connectivity index is 2.02. The van der Waals surface area contributed by atoms with Crippen molar-refractivity contribution in [2.75, 3.05) is 0 Å². The van der Waals surface area contributed by atoms with Crippen LogP contribution >= 0.6 is 0 Å². The predicted octanol–water partition coefficient (Wildman–Crippen LogP) is 4.91. The molecule has 1 aliphatic heterocycles. The molecule has 142 valence electrons. The number of rotatable bonds is 3. The maximum absolute atomic E-state index is 6.43. The zero-order valence-electron chi connectivity index (χ0n) is 17.0. The van der Waals surface area contributed by atoms with Crippen molar-refractivity contribution < 1.29 is 0 Å². The molecular weight excluding hydrogens is 320 g/mol. The minimum atomic E-state index is -0.280. The van der Waals surface area contributed by atoms with Gasteiger partial charge in [-0.2, -0.15) is 0 Å². The number of nitrogens with two attached hydrogens (primary N) is 1. The molecular formula is C22H34N4. The monoisotopic (exact) mass is 354 g/mol. The molecule has 1 fully saturated rings. The van der Waals surface area contributed by atoms with Gasteiger partial charge in [0, 0.05) is 11.5 Å². The molecule has 0 bridgehead atoms. The molecule has 0 aromatic heterocycles. The Morgan fingerprint density at radius 2 is 1.65 bits per heavy atom. The lowest BCUT2D eigenvalue weighted by Gasteiger charge is -2.46. The van der Waals surface area contributed by atoms with Gasteiger partial charge in [0.1, 0.15) is 5.84 Å². The summed E-state index contributed by atoms with van der Waals surface area (Å²) in [6.45, 7) is 10.9. The van der Waals surface area contributed by atoms with Gasteiger partial charge < -0.3 is 10.6 Å². The predicted molar refractivity (Wildman–Crippen MR) is 110 cm³/mol. The van der Waals surface area contributed by atoms with Crippen LogP contribution in [0.3, 0.4) is 0 Å². The van der Waals surface area contributed by atoms with Crippen LogP contribution in [0.15, 0.2) is 40.3 Å². The highest BCUT2D eigenvalue weighted by molar-refractivity contribution is 6.01. The van der Waals surface area contributed by atoms with Crippen molar-refractivity contribution in [2.45, 2.75) is 84.3 Å². The van der Waals surface area contributed by atoms with Gasteiger partial charge >= 0.3 is 0 Å². The molecule has 1 saturated carbocycles. The largest absolute Gasteiger partial charge is 0.387 e. The van der Waals surface area contributed by atoms with Crippen LogP contribution in [0.4, 0.5) is 0 Å². The Kier molecular flexibility index (Phi) is 5.14. The Morgan fingerprint density at radius 3 is 2.23 bits per heavy atom. The summed E-state index contributed by atoms with van der Waals surface area (Å²) < 4.78 is 0. The summed E-state index contributed by atoms with van der Waals surface area (Å²) in [5.74, 6) is 1.50. The third kappa shape index (κ3) is 3.38. The lowest BCUT2D eigenvalue weighted by Crippen LogP contribution is -2.54. The highest BCUT2D eigenvalue weighted by Crippen LogP contribution is 2.39. The number of benzene rings is 1. The van der Waals surface area contributed by atoms with Gasteiger partial charge in [0.25, 0.3) is 0 Å². The Labute approximate surface area is 158 Å². The molecule has 1 heterocycles. The summed E-state index contributed by atoms with van der Waals surface area (Å²) in [5, 5.41) is 0. The van der Waals surface area contributed by atoms with Crippen molar-refractivity contribution >= 4 is 11.8 Å². The van der Waals surface area contributed by atoms with Gasteiger partial charge in [-0.25, -0.2) is 9.98 Å². The molecule has 1 aromatic carbocycles. The van der Waals surface area contributed by atoms with E-state index in [2.05, 4.69) is 69.9 Å². The van der Waals surface area contributed by atoms with Crippen molar-refractivity contribution in [3.05, 3.63) is 35.9 Å². The second-order valence-corrected chi connectivity index (χ2v) is 8.88. The third-order valence-electron chi connectivity index (χ3n) is 6.67. The van der Waals surface area contributed by atoms with E-state index in [1.165, 1.54) is 37.7 Å². The molecule has 4 heteroatoms. The van der Waals surface area contributed by atoms with Crippen LogP contribution in [-0.4, -0.2) is 28.3 Å². The molecule has 1 atom stereocenters. The van der Waals surface area contributed by atoms with Gasteiger partial charge in [0.05, 0.1) is 11.6 Å². The van der Waals surface area contributed by atoms with Crippen LogP contribution in [0.1, 0.15) is 78.3 Å². The van der Waals surface area contributed by atoms with Gasteiger partial charge in [0.15, 0.2) is 0 Å². The van der Waals surface area contributed by atoms with E-state index in [1.807, 2.05) is 0 Å². The summed E-state index contributed by atoms with van der Waals surface area (Å²) >= 11 is 0. The zero-order chi connectivity index (χ0) is 18.9. The quantitative estimate of drug-likeness (QED) is 0.838. The van der Waals surface area contributed by atoms with Crippen LogP contribution in [0.5, 0.6) is 0 Å². The number of hydrogen-bond donors (Lipinski definition) is 1. The molecule has 0 spiro atoms. The Bertz CT molecular complexity index is 681. The smallest absolute Gasteiger partial charge is 0.223 e. The van der Waals surface area contributed by atoms with Crippen LogP contribution in [0.2, 0.25) is 0 Å². The van der Waals surface area contributed by atoms with Gasteiger partial charge in [-0.15, -0.1) is 0 Å². The maximum Gasteiger partial charge on any atom is 0.223 e. The topological polar surface area (TPSA) is 54.0 Å². The second kappa shape index (κ2) is 7.05. The van der Waals surface area contributed by atoms with Gasteiger partial charge in [-0.3, -0.25) is 0 Å². The highest BCUT2D eigenvalue weighted by Gasteiger charge is 2.45. The van der Waals surface area contributed by atoms with Crippen LogP contribution in [0, 0.1) is 5.41 Å². The first-order valence-electron chi connectivity index (χ1n) is 10.0. The van der Waals surface area contributed by atoms with Crippen molar-refractivity contribution in [1.29, 1.82) is 0 Å². The fraction of sp³-hybridized carbons (Fsp3) is 0.636. The van der Waals surface area contributed by atoms with E-state index < -0.39 is 0 Å². The normalized spacial score (nSPS) is 23.7. The standard InChI is InChI=1S/C22H34N4/c1-16(17-12-8-6-9-13-17)26(18-14-10-7-11-15-18)20-24-19(23)21(2,3)22(4,5)25-20/h6,8-9,12-13,16,18H,7,10-11,14-15H2,1-5H3,(H2,23,24,25)/t16-/m0/s1. The fourth-order valence-corrected chi connectivity index (χ4v) is 4.00. The van der Waals surface area contributed by atoms with Crippen molar-refractivity contribution in [1.82, 2.24) is 4.90 Å². The fourth-order valence-electron chi connectivity index (χ4n) is 4.00. The lowest BCUT2D eigenvalue weighted by atomic mass is 9.73. The molecule has 0 radical (unpaired) electrons. The van der Waals surface area contributed by atoms with Crippen LogP contribution in [0.25, 0.3) is 0 Å². The van der Waals surface area contributed by atoms with Gasteiger partial charge in [-0.05, 0) is 39.2 Å². The first-order chi connectivity index (χ1) is 12.2. The van der Waals surface area contributed by atoms with E-state index in [9.17, 15) is 0 Å². The molecule has 0 unspecified atom stereocenters. The average molecular weight is 355 g/mol. The number of amidine groups is 1. The van der Waals surface area contributed by atoms with Crippen molar-refractivity contribution in [2.24, 2.45) is 21.1 Å². The molecule has 0 saturated heterocycles. The first-order valence-corrected chi connectivity index (χ1v) is 10.0. The van der Waals surface area contributed by atoms with E-state index in [0.717, 1.165) is 5.96 Å². The summed E-state index contributed by atoms with van der Waals surface area (Å²) in [5.41, 5.74) is 7.20. The van der Waals surface area contributed by atoms with E-state index >= 15 is 0 Å². The minimum absolute atomic E-state index is 0.228. The number of hydrogen-bond acceptors (Lipinski definition) is 4. The number of guanidine groups is 1. The SMILES string of the molecule is C[C@@H](c1ccccc1)N(C1=NC(C)(C)C(C)(C)C(N)=N1)C1CCCCC1. The molecule has 2 aliphatic rings. The molecule has 26 heavy (non-hydrogen) atoms. The zero-order valence-corrected chi connectivity index (χ0v) is 17.0. The van der Waals surface area contributed by atoms with Crippen molar-refractivity contribution in [3.63, 3.8) is 0 Å². The maximum atomic E-state index is 6.43. The number of aliphatic imine (C=N–C) groups is 2. The van der Waals surface area contributed by atoms with E-state index in [-0.39, 0.29) is 17.0 Å². The molecule has 4 nitrogen and oxygen atoms in total. The summed E-state index contributed by atoms with van der Waals surface area (Å²) in [4.78, 5) is 12.4. The lowest BCUT2D eigenvalue weighted by molar-refractivity contribution is 0.189. The Hall–Kier alpha value is -1.84. The summed E-state index contributed by atoms with van der Waals surface area (Å²) in [6.07, 6.45) is 6.30. The second-order valence-electron chi connectivity index (χ2n) is 8.88. The molecule has 1 aromatic rings. The van der Waals surface area contributed by atoms with E-state index in [1.54, 1.807) is 0 Å². The molecule has 3 rings (SSSR count). The van der Waals surface area contributed by atoms with Crippen molar-refractivity contribution in [3.8, 4) is 0 Å². The molecule has 0 amide bonds. The summed E-state index contributed by atoms with van der Waals surface area (Å²) in [6, 6.07) is 11.4. The van der Waals surface area contributed by atoms with Gasteiger partial charge in [-0.1, -0.05) is 63.4 Å². The summed E-state index contributed by atoms with van der Waals surface area (Å²) in [7, 11) is 0. The van der Waals surface area contributed by atoms with Crippen LogP contribution < -0.4 is 5.73 Å². The van der Waals surface area contributed by atoms with E-state index in [0.29, 0.717) is 11.9 Å². The van der Waals surface area contributed by atoms with E-state index in [4.69, 9.17) is 15.7 Å². The average Bonchev–Trinajstić information content (AvgIpc) is 2.62. The molecule has 1 aliphatic carbocycles. The Morgan fingerprint density at radius 1 is 1.04 bits per heavy atom. The highest BCUT2D eigenvalue weighted by atomic mass is 15.3. The van der Waals surface area contributed by atoms with Crippen LogP contribution in [-0.2, 0) is 0 Å². The third-order valence-corrected chi connectivity index (χ3v) is 6.67.